The number of carbonyl (C=O) groups is 1. The van der Waals surface area contributed by atoms with Gasteiger partial charge in [-0.2, -0.15) is 0 Å². The van der Waals surface area contributed by atoms with Crippen LogP contribution in [0.1, 0.15) is 49.0 Å². The zero-order chi connectivity index (χ0) is 14.5. The molecule has 0 fully saturated rings. The van der Waals surface area contributed by atoms with Crippen molar-refractivity contribution in [1.29, 1.82) is 0 Å². The predicted octanol–water partition coefficient (Wildman–Crippen LogP) is 3.69. The minimum Gasteiger partial charge on any atom is -0.349 e. The van der Waals surface area contributed by atoms with E-state index in [4.69, 9.17) is 0 Å². The Morgan fingerprint density at radius 1 is 1.25 bits per heavy atom. The van der Waals surface area contributed by atoms with Gasteiger partial charge in [0.2, 0.25) is 5.91 Å². The van der Waals surface area contributed by atoms with Crippen LogP contribution in [0, 0.1) is 0 Å². The van der Waals surface area contributed by atoms with Crippen molar-refractivity contribution >= 4 is 17.2 Å². The van der Waals surface area contributed by atoms with Crippen LogP contribution in [-0.2, 0) is 11.2 Å². The van der Waals surface area contributed by atoms with E-state index in [2.05, 4.69) is 24.1 Å². The van der Waals surface area contributed by atoms with Gasteiger partial charge >= 0.3 is 0 Å². The maximum Gasteiger partial charge on any atom is 0.226 e. The SMILES string of the molecule is CC(C)c1nc(CC(=O)N[C@H](C)c2ccccc2)cs1. The zero-order valence-electron chi connectivity index (χ0n) is 12.1. The summed E-state index contributed by atoms with van der Waals surface area (Å²) >= 11 is 1.62. The maximum absolute atomic E-state index is 12.0. The molecule has 3 nitrogen and oxygen atoms in total. The Morgan fingerprint density at radius 2 is 1.95 bits per heavy atom. The second-order valence-corrected chi connectivity index (χ2v) is 6.10. The van der Waals surface area contributed by atoms with Gasteiger partial charge in [-0.15, -0.1) is 11.3 Å². The molecule has 1 N–H and O–H groups in total. The molecular formula is C16H20N2OS. The lowest BCUT2D eigenvalue weighted by atomic mass is 10.1. The number of aromatic nitrogens is 1. The third-order valence-electron chi connectivity index (χ3n) is 3.08. The van der Waals surface area contributed by atoms with Crippen molar-refractivity contribution in [2.75, 3.05) is 0 Å². The number of benzene rings is 1. The smallest absolute Gasteiger partial charge is 0.226 e. The number of carbonyl (C=O) groups excluding carboxylic acids is 1. The summed E-state index contributed by atoms with van der Waals surface area (Å²) < 4.78 is 0. The van der Waals surface area contributed by atoms with Crippen LogP contribution < -0.4 is 5.32 Å². The number of hydrogen-bond acceptors (Lipinski definition) is 3. The third kappa shape index (κ3) is 3.90. The lowest BCUT2D eigenvalue weighted by Crippen LogP contribution is -2.28. The number of amides is 1. The number of rotatable bonds is 5. The average Bonchev–Trinajstić information content (AvgIpc) is 2.88. The first kappa shape index (κ1) is 14.7. The van der Waals surface area contributed by atoms with Crippen molar-refractivity contribution in [3.63, 3.8) is 0 Å². The van der Waals surface area contributed by atoms with Gasteiger partial charge in [-0.1, -0.05) is 44.2 Å². The summed E-state index contributed by atoms with van der Waals surface area (Å²) in [6.07, 6.45) is 0.348. The molecule has 2 rings (SSSR count). The molecule has 2 aromatic rings. The highest BCUT2D eigenvalue weighted by atomic mass is 32.1. The molecule has 20 heavy (non-hydrogen) atoms. The van der Waals surface area contributed by atoms with Gasteiger partial charge in [-0.25, -0.2) is 4.98 Å². The molecule has 1 heterocycles. The molecule has 106 valence electrons. The summed E-state index contributed by atoms with van der Waals surface area (Å²) in [5.74, 6) is 0.432. The fraction of sp³-hybridized carbons (Fsp3) is 0.375. The predicted molar refractivity (Wildman–Crippen MR) is 82.9 cm³/mol. The molecule has 0 aliphatic heterocycles. The van der Waals surface area contributed by atoms with Crippen LogP contribution in [0.15, 0.2) is 35.7 Å². The molecule has 0 spiro atoms. The quantitative estimate of drug-likeness (QED) is 0.911. The number of thiazole rings is 1. The average molecular weight is 288 g/mol. The van der Waals surface area contributed by atoms with E-state index in [1.54, 1.807) is 11.3 Å². The molecule has 4 heteroatoms. The minimum absolute atomic E-state index is 0.0157. The Balaban J connectivity index is 1.92. The Morgan fingerprint density at radius 3 is 2.55 bits per heavy atom. The summed E-state index contributed by atoms with van der Waals surface area (Å²) in [7, 11) is 0. The van der Waals surface area contributed by atoms with Crippen LogP contribution in [0.4, 0.5) is 0 Å². The molecule has 0 radical (unpaired) electrons. The first-order valence-electron chi connectivity index (χ1n) is 6.85. The van der Waals surface area contributed by atoms with E-state index in [0.29, 0.717) is 12.3 Å². The molecule has 1 aromatic carbocycles. The van der Waals surface area contributed by atoms with Crippen molar-refractivity contribution in [1.82, 2.24) is 10.3 Å². The molecular weight excluding hydrogens is 268 g/mol. The van der Waals surface area contributed by atoms with Gasteiger partial charge in [0.05, 0.1) is 23.2 Å². The Labute approximate surface area is 124 Å². The van der Waals surface area contributed by atoms with E-state index >= 15 is 0 Å². The fourth-order valence-electron chi connectivity index (χ4n) is 1.95. The summed E-state index contributed by atoms with van der Waals surface area (Å²) in [6.45, 7) is 6.22. The normalized spacial score (nSPS) is 12.4. The van der Waals surface area contributed by atoms with Crippen molar-refractivity contribution in [3.05, 3.63) is 52.0 Å². The molecule has 1 aromatic heterocycles. The van der Waals surface area contributed by atoms with Gasteiger partial charge in [0.1, 0.15) is 0 Å². The second kappa shape index (κ2) is 6.66. The van der Waals surface area contributed by atoms with Crippen LogP contribution in [0.25, 0.3) is 0 Å². The molecule has 1 atom stereocenters. The zero-order valence-corrected chi connectivity index (χ0v) is 12.9. The largest absolute Gasteiger partial charge is 0.349 e. The Kier molecular flexibility index (Phi) is 4.90. The highest BCUT2D eigenvalue weighted by Gasteiger charge is 2.12. The minimum atomic E-state index is 0.0157. The fourth-order valence-corrected chi connectivity index (χ4v) is 2.79. The molecule has 0 saturated carbocycles. The molecule has 0 aliphatic carbocycles. The van der Waals surface area contributed by atoms with Crippen LogP contribution in [0.3, 0.4) is 0 Å². The topological polar surface area (TPSA) is 42.0 Å². The van der Waals surface area contributed by atoms with Gasteiger partial charge in [-0.3, -0.25) is 4.79 Å². The van der Waals surface area contributed by atoms with Crippen molar-refractivity contribution < 1.29 is 4.79 Å². The van der Waals surface area contributed by atoms with Crippen LogP contribution in [0.5, 0.6) is 0 Å². The summed E-state index contributed by atoms with van der Waals surface area (Å²) in [5.41, 5.74) is 1.97. The Bertz CT molecular complexity index is 563. The van der Waals surface area contributed by atoms with Crippen molar-refractivity contribution in [2.24, 2.45) is 0 Å². The van der Waals surface area contributed by atoms with E-state index in [1.807, 2.05) is 42.6 Å². The van der Waals surface area contributed by atoms with Crippen molar-refractivity contribution in [3.8, 4) is 0 Å². The molecule has 0 saturated heterocycles. The number of nitrogens with one attached hydrogen (secondary N) is 1. The van der Waals surface area contributed by atoms with E-state index in [-0.39, 0.29) is 11.9 Å². The van der Waals surface area contributed by atoms with Gasteiger partial charge in [0.25, 0.3) is 0 Å². The first-order valence-corrected chi connectivity index (χ1v) is 7.73. The van der Waals surface area contributed by atoms with Gasteiger partial charge in [0.15, 0.2) is 0 Å². The Hall–Kier alpha value is -1.68. The van der Waals surface area contributed by atoms with E-state index in [9.17, 15) is 4.79 Å². The monoisotopic (exact) mass is 288 g/mol. The molecule has 1 amide bonds. The van der Waals surface area contributed by atoms with Gasteiger partial charge in [-0.05, 0) is 12.5 Å². The third-order valence-corrected chi connectivity index (χ3v) is 4.28. The second-order valence-electron chi connectivity index (χ2n) is 5.21. The highest BCUT2D eigenvalue weighted by molar-refractivity contribution is 7.09. The van der Waals surface area contributed by atoms with E-state index in [1.165, 1.54) is 0 Å². The van der Waals surface area contributed by atoms with E-state index in [0.717, 1.165) is 16.3 Å². The highest BCUT2D eigenvalue weighted by Crippen LogP contribution is 2.19. The van der Waals surface area contributed by atoms with Gasteiger partial charge < -0.3 is 5.32 Å². The van der Waals surface area contributed by atoms with Crippen LogP contribution in [-0.4, -0.2) is 10.9 Å². The van der Waals surface area contributed by atoms with Crippen LogP contribution >= 0.6 is 11.3 Å². The first-order chi connectivity index (χ1) is 9.56. The maximum atomic E-state index is 12.0. The van der Waals surface area contributed by atoms with E-state index < -0.39 is 0 Å². The number of hydrogen-bond donors (Lipinski definition) is 1. The molecule has 0 unspecified atom stereocenters. The van der Waals surface area contributed by atoms with Crippen LogP contribution in [0.2, 0.25) is 0 Å². The summed E-state index contributed by atoms with van der Waals surface area (Å²) in [4.78, 5) is 16.5. The lowest BCUT2D eigenvalue weighted by Gasteiger charge is -2.13. The standard InChI is InChI=1S/C16H20N2OS/c1-11(2)16-18-14(10-20-16)9-15(19)17-12(3)13-7-5-4-6-8-13/h4-8,10-12H,9H2,1-3H3,(H,17,19)/t12-/m1/s1. The lowest BCUT2D eigenvalue weighted by molar-refractivity contribution is -0.121. The molecule has 0 aliphatic rings. The number of nitrogens with zero attached hydrogens (tertiary/aromatic N) is 1. The summed E-state index contributed by atoms with van der Waals surface area (Å²) in [6, 6.07) is 9.99. The van der Waals surface area contributed by atoms with Crippen molar-refractivity contribution in [2.45, 2.75) is 39.2 Å². The summed E-state index contributed by atoms with van der Waals surface area (Å²) in [5, 5.41) is 6.07. The van der Waals surface area contributed by atoms with Gasteiger partial charge in [0, 0.05) is 11.3 Å². The molecule has 0 bridgehead atoms.